The molecule has 0 aromatic heterocycles. The van der Waals surface area contributed by atoms with Crippen LogP contribution in [-0.2, 0) is 0 Å². The normalized spacial score (nSPS) is 10.4. The molecule has 0 bridgehead atoms. The minimum atomic E-state index is -4.66. The lowest BCUT2D eigenvalue weighted by atomic mass is 10.2. The molecule has 0 saturated heterocycles. The fourth-order valence-electron chi connectivity index (χ4n) is 0.893. The Morgan fingerprint density at radius 1 is 1.20 bits per heavy atom. The Kier molecular flexibility index (Phi) is 3.58. The molecule has 0 radical (unpaired) electrons. The molecule has 0 amide bonds. The summed E-state index contributed by atoms with van der Waals surface area (Å²) in [7, 11) is 0. The summed E-state index contributed by atoms with van der Waals surface area (Å²) in [6, 6.07) is 5.27. The second-order valence-corrected chi connectivity index (χ2v) is 2.58. The highest BCUT2D eigenvalue weighted by molar-refractivity contribution is 5.38. The highest BCUT2D eigenvalue weighted by atomic mass is 19.4. The molecule has 0 spiro atoms. The minimum Gasteiger partial charge on any atom is -0.406 e. The number of benzene rings is 1. The van der Waals surface area contributed by atoms with Gasteiger partial charge in [0, 0.05) is 5.56 Å². The average Bonchev–Trinajstić information content (AvgIpc) is 2.14. The SMILES string of the molecule is NCC#Cc1ccc(OC(F)(F)F)cc1. The number of ether oxygens (including phenoxy) is 1. The van der Waals surface area contributed by atoms with E-state index in [-0.39, 0.29) is 12.3 Å². The molecule has 5 heteroatoms. The van der Waals surface area contributed by atoms with E-state index in [0.29, 0.717) is 5.56 Å². The summed E-state index contributed by atoms with van der Waals surface area (Å²) in [6.07, 6.45) is -4.66. The first-order chi connectivity index (χ1) is 7.01. The van der Waals surface area contributed by atoms with Crippen molar-refractivity contribution in [2.24, 2.45) is 5.73 Å². The number of nitrogens with two attached hydrogens (primary N) is 1. The van der Waals surface area contributed by atoms with Crippen molar-refractivity contribution >= 4 is 0 Å². The van der Waals surface area contributed by atoms with Crippen molar-refractivity contribution in [1.29, 1.82) is 0 Å². The lowest BCUT2D eigenvalue weighted by Crippen LogP contribution is -2.16. The summed E-state index contributed by atoms with van der Waals surface area (Å²) >= 11 is 0. The lowest BCUT2D eigenvalue weighted by molar-refractivity contribution is -0.274. The molecule has 1 rings (SSSR count). The van der Waals surface area contributed by atoms with Gasteiger partial charge < -0.3 is 10.5 Å². The number of halogens is 3. The van der Waals surface area contributed by atoms with Gasteiger partial charge >= 0.3 is 6.36 Å². The molecular weight excluding hydrogens is 207 g/mol. The summed E-state index contributed by atoms with van der Waals surface area (Å²) in [5.41, 5.74) is 5.74. The van der Waals surface area contributed by atoms with Crippen LogP contribution < -0.4 is 10.5 Å². The third-order valence-electron chi connectivity index (χ3n) is 1.42. The summed E-state index contributed by atoms with van der Waals surface area (Å²) in [5.74, 6) is 5.01. The number of alkyl halides is 3. The zero-order chi connectivity index (χ0) is 11.3. The molecule has 0 heterocycles. The van der Waals surface area contributed by atoms with Crippen molar-refractivity contribution in [1.82, 2.24) is 0 Å². The van der Waals surface area contributed by atoms with Crippen LogP contribution in [0.5, 0.6) is 5.75 Å². The van der Waals surface area contributed by atoms with Gasteiger partial charge in [-0.3, -0.25) is 0 Å². The van der Waals surface area contributed by atoms with Gasteiger partial charge in [-0.2, -0.15) is 0 Å². The standard InChI is InChI=1S/C10H8F3NO/c11-10(12,13)15-9-5-3-8(4-6-9)2-1-7-14/h3-6H,7,14H2. The van der Waals surface area contributed by atoms with Crippen molar-refractivity contribution in [2.75, 3.05) is 6.54 Å². The van der Waals surface area contributed by atoms with E-state index in [9.17, 15) is 13.2 Å². The van der Waals surface area contributed by atoms with Crippen LogP contribution in [0.4, 0.5) is 13.2 Å². The first kappa shape index (κ1) is 11.4. The summed E-state index contributed by atoms with van der Waals surface area (Å²) in [4.78, 5) is 0. The number of rotatable bonds is 1. The van der Waals surface area contributed by atoms with Crippen LogP contribution >= 0.6 is 0 Å². The van der Waals surface area contributed by atoms with Crippen molar-refractivity contribution in [3.63, 3.8) is 0 Å². The predicted octanol–water partition coefficient (Wildman–Crippen LogP) is 1.90. The molecule has 1 aromatic rings. The van der Waals surface area contributed by atoms with Crippen LogP contribution in [0.25, 0.3) is 0 Å². The van der Waals surface area contributed by atoms with E-state index in [2.05, 4.69) is 16.6 Å². The van der Waals surface area contributed by atoms with Crippen LogP contribution in [0.15, 0.2) is 24.3 Å². The molecule has 80 valence electrons. The van der Waals surface area contributed by atoms with E-state index < -0.39 is 6.36 Å². The highest BCUT2D eigenvalue weighted by Gasteiger charge is 2.30. The smallest absolute Gasteiger partial charge is 0.406 e. The van der Waals surface area contributed by atoms with Crippen LogP contribution in [0.1, 0.15) is 5.56 Å². The molecule has 0 atom stereocenters. The predicted molar refractivity (Wildman–Crippen MR) is 49.1 cm³/mol. The monoisotopic (exact) mass is 215 g/mol. The second kappa shape index (κ2) is 4.71. The van der Waals surface area contributed by atoms with Gasteiger partial charge in [-0.05, 0) is 24.3 Å². The van der Waals surface area contributed by atoms with E-state index in [0.717, 1.165) is 0 Å². The van der Waals surface area contributed by atoms with Crippen LogP contribution in [0.3, 0.4) is 0 Å². The fraction of sp³-hybridized carbons (Fsp3) is 0.200. The average molecular weight is 215 g/mol. The molecule has 0 aliphatic rings. The van der Waals surface area contributed by atoms with Gasteiger partial charge in [0.25, 0.3) is 0 Å². The van der Waals surface area contributed by atoms with E-state index in [1.807, 2.05) is 0 Å². The third-order valence-corrected chi connectivity index (χ3v) is 1.42. The third kappa shape index (κ3) is 4.38. The summed E-state index contributed by atoms with van der Waals surface area (Å²) in [5, 5.41) is 0. The van der Waals surface area contributed by atoms with Gasteiger partial charge in [0.15, 0.2) is 0 Å². The fourth-order valence-corrected chi connectivity index (χ4v) is 0.893. The molecule has 2 nitrogen and oxygen atoms in total. The summed E-state index contributed by atoms with van der Waals surface area (Å²) in [6.45, 7) is 0.209. The maximum atomic E-state index is 11.8. The molecule has 0 fully saturated rings. The quantitative estimate of drug-likeness (QED) is 0.726. The Balaban J connectivity index is 2.73. The van der Waals surface area contributed by atoms with Gasteiger partial charge in [0.1, 0.15) is 5.75 Å². The molecule has 0 saturated carbocycles. The van der Waals surface area contributed by atoms with Crippen LogP contribution in [-0.4, -0.2) is 12.9 Å². The van der Waals surface area contributed by atoms with E-state index in [1.165, 1.54) is 24.3 Å². The Bertz CT molecular complexity index is 372. The number of hydrogen-bond donors (Lipinski definition) is 1. The number of hydrogen-bond acceptors (Lipinski definition) is 2. The van der Waals surface area contributed by atoms with Crippen molar-refractivity contribution in [3.05, 3.63) is 29.8 Å². The largest absolute Gasteiger partial charge is 0.573 e. The first-order valence-electron chi connectivity index (χ1n) is 4.06. The van der Waals surface area contributed by atoms with Crippen molar-refractivity contribution < 1.29 is 17.9 Å². The second-order valence-electron chi connectivity index (χ2n) is 2.58. The highest BCUT2D eigenvalue weighted by Crippen LogP contribution is 2.22. The van der Waals surface area contributed by atoms with E-state index >= 15 is 0 Å². The molecule has 0 aliphatic carbocycles. The topological polar surface area (TPSA) is 35.2 Å². The molecule has 0 unspecified atom stereocenters. The Morgan fingerprint density at radius 2 is 1.80 bits per heavy atom. The van der Waals surface area contributed by atoms with E-state index in [4.69, 9.17) is 5.73 Å². The Morgan fingerprint density at radius 3 is 2.27 bits per heavy atom. The molecule has 0 aliphatic heterocycles. The molecule has 1 aromatic carbocycles. The lowest BCUT2D eigenvalue weighted by Gasteiger charge is -2.07. The maximum absolute atomic E-state index is 11.8. The molecular formula is C10H8F3NO. The zero-order valence-electron chi connectivity index (χ0n) is 7.64. The van der Waals surface area contributed by atoms with Crippen molar-refractivity contribution in [2.45, 2.75) is 6.36 Å². The van der Waals surface area contributed by atoms with Gasteiger partial charge in [-0.1, -0.05) is 11.8 Å². The molecule has 2 N–H and O–H groups in total. The maximum Gasteiger partial charge on any atom is 0.573 e. The van der Waals surface area contributed by atoms with Gasteiger partial charge in [-0.15, -0.1) is 13.2 Å². The summed E-state index contributed by atoms with van der Waals surface area (Å²) < 4.78 is 39.0. The van der Waals surface area contributed by atoms with E-state index in [1.54, 1.807) is 0 Å². The Hall–Kier alpha value is -1.67. The Labute approximate surface area is 84.8 Å². The zero-order valence-corrected chi connectivity index (χ0v) is 7.64. The minimum absolute atomic E-state index is 0.209. The van der Waals surface area contributed by atoms with Gasteiger partial charge in [-0.25, -0.2) is 0 Å². The van der Waals surface area contributed by atoms with Gasteiger partial charge in [0.2, 0.25) is 0 Å². The van der Waals surface area contributed by atoms with Gasteiger partial charge in [0.05, 0.1) is 6.54 Å². The van der Waals surface area contributed by atoms with Crippen LogP contribution in [0, 0.1) is 11.8 Å². The first-order valence-corrected chi connectivity index (χ1v) is 4.06. The van der Waals surface area contributed by atoms with Crippen molar-refractivity contribution in [3.8, 4) is 17.6 Å². The molecule has 15 heavy (non-hydrogen) atoms. The van der Waals surface area contributed by atoms with Crippen LogP contribution in [0.2, 0.25) is 0 Å².